The van der Waals surface area contributed by atoms with Crippen molar-refractivity contribution in [2.24, 2.45) is 0 Å². The number of hydrogen-bond acceptors (Lipinski definition) is 6. The molecule has 2 rings (SSSR count). The summed E-state index contributed by atoms with van der Waals surface area (Å²) < 4.78 is 5.15. The molecule has 21 heavy (non-hydrogen) atoms. The van der Waals surface area contributed by atoms with Gasteiger partial charge in [-0.05, 0) is 18.6 Å². The van der Waals surface area contributed by atoms with E-state index in [4.69, 9.17) is 4.52 Å². The lowest BCUT2D eigenvalue weighted by atomic mass is 10.3. The normalized spacial score (nSPS) is 10.6. The maximum absolute atomic E-state index is 11.5. The number of nitrogens with zero attached hydrogens (tertiary/aromatic N) is 3. The highest BCUT2D eigenvalue weighted by Crippen LogP contribution is 2.20. The molecule has 0 bridgehead atoms. The first kappa shape index (κ1) is 15.5. The zero-order valence-corrected chi connectivity index (χ0v) is 12.9. The molecule has 0 saturated carbocycles. The van der Waals surface area contributed by atoms with Crippen LogP contribution in [0, 0.1) is 0 Å². The molecule has 1 N–H and O–H groups in total. The van der Waals surface area contributed by atoms with Gasteiger partial charge in [0.25, 0.3) is 5.89 Å². The average molecular weight is 306 g/mol. The van der Waals surface area contributed by atoms with Crippen molar-refractivity contribution in [2.75, 3.05) is 12.3 Å². The predicted molar refractivity (Wildman–Crippen MR) is 80.9 cm³/mol. The van der Waals surface area contributed by atoms with Gasteiger partial charge in [-0.25, -0.2) is 4.98 Å². The Hall–Kier alpha value is -1.89. The fourth-order valence-corrected chi connectivity index (χ4v) is 2.23. The minimum absolute atomic E-state index is 0.0252. The molecule has 0 aliphatic rings. The Morgan fingerprint density at radius 1 is 1.38 bits per heavy atom. The number of carbonyl (C=O) groups excluding carboxylic acids is 1. The zero-order chi connectivity index (χ0) is 15.1. The third-order valence-corrected chi connectivity index (χ3v) is 3.63. The largest absolute Gasteiger partial charge is 0.355 e. The van der Waals surface area contributed by atoms with Gasteiger partial charge in [-0.1, -0.05) is 30.8 Å². The minimum atomic E-state index is 0.0252. The van der Waals surface area contributed by atoms with E-state index >= 15 is 0 Å². The Morgan fingerprint density at radius 2 is 2.24 bits per heavy atom. The Labute approximate surface area is 127 Å². The molecule has 0 aliphatic heterocycles. The molecule has 7 heteroatoms. The second-order valence-electron chi connectivity index (χ2n) is 4.39. The molecule has 0 spiro atoms. The molecule has 2 heterocycles. The maximum Gasteiger partial charge on any atom is 0.259 e. The summed E-state index contributed by atoms with van der Waals surface area (Å²) in [6.07, 6.45) is 3.35. The molecular formula is C14H18N4O2S. The predicted octanol–water partition coefficient (Wildman–Crippen LogP) is 2.31. The molecule has 0 unspecified atom stereocenters. The molecule has 6 nitrogen and oxygen atoms in total. The van der Waals surface area contributed by atoms with Gasteiger partial charge < -0.3 is 9.84 Å². The quantitative estimate of drug-likeness (QED) is 0.791. The first-order valence-corrected chi connectivity index (χ1v) is 7.90. The van der Waals surface area contributed by atoms with Gasteiger partial charge >= 0.3 is 0 Å². The Kier molecular flexibility index (Phi) is 5.74. The van der Waals surface area contributed by atoms with Crippen molar-refractivity contribution >= 4 is 17.7 Å². The highest BCUT2D eigenvalue weighted by atomic mass is 32.2. The number of nitrogens with one attached hydrogen (secondary N) is 1. The number of amides is 1. The van der Waals surface area contributed by atoms with Crippen LogP contribution in [-0.2, 0) is 11.2 Å². The lowest BCUT2D eigenvalue weighted by molar-refractivity contribution is -0.118. The minimum Gasteiger partial charge on any atom is -0.355 e. The highest BCUT2D eigenvalue weighted by Gasteiger charge is 2.09. The Balaban J connectivity index is 1.91. The SMILES string of the molecule is CCCNC(=O)CSc1ccc(-c2nc(CC)no2)cn1. The van der Waals surface area contributed by atoms with E-state index in [1.165, 1.54) is 11.8 Å². The Bertz CT molecular complexity index is 583. The number of hydrogen-bond donors (Lipinski definition) is 1. The first-order valence-electron chi connectivity index (χ1n) is 6.91. The van der Waals surface area contributed by atoms with Gasteiger partial charge in [0.15, 0.2) is 5.82 Å². The van der Waals surface area contributed by atoms with Crippen molar-refractivity contribution in [3.63, 3.8) is 0 Å². The maximum atomic E-state index is 11.5. The number of carbonyl (C=O) groups is 1. The van der Waals surface area contributed by atoms with Gasteiger partial charge in [-0.3, -0.25) is 4.79 Å². The van der Waals surface area contributed by atoms with E-state index in [0.29, 0.717) is 24.0 Å². The van der Waals surface area contributed by atoms with Crippen molar-refractivity contribution < 1.29 is 9.32 Å². The third kappa shape index (κ3) is 4.56. The topological polar surface area (TPSA) is 80.9 Å². The van der Waals surface area contributed by atoms with E-state index in [0.717, 1.165) is 23.4 Å². The summed E-state index contributed by atoms with van der Waals surface area (Å²) in [5.41, 5.74) is 0.780. The Morgan fingerprint density at radius 3 is 2.86 bits per heavy atom. The summed E-state index contributed by atoms with van der Waals surface area (Å²) in [4.78, 5) is 20.1. The highest BCUT2D eigenvalue weighted by molar-refractivity contribution is 7.99. The molecule has 1 amide bonds. The van der Waals surface area contributed by atoms with Gasteiger partial charge in [0.2, 0.25) is 5.91 Å². The summed E-state index contributed by atoms with van der Waals surface area (Å²) in [6.45, 7) is 4.70. The molecule has 0 fully saturated rings. The van der Waals surface area contributed by atoms with E-state index in [2.05, 4.69) is 20.4 Å². The van der Waals surface area contributed by atoms with E-state index < -0.39 is 0 Å². The van der Waals surface area contributed by atoms with Crippen LogP contribution in [0.15, 0.2) is 27.9 Å². The van der Waals surface area contributed by atoms with Crippen molar-refractivity contribution in [1.82, 2.24) is 20.4 Å². The van der Waals surface area contributed by atoms with Gasteiger partial charge in [0.05, 0.1) is 16.3 Å². The molecule has 2 aromatic rings. The van der Waals surface area contributed by atoms with E-state index in [9.17, 15) is 4.79 Å². The van der Waals surface area contributed by atoms with Crippen molar-refractivity contribution in [1.29, 1.82) is 0 Å². The van der Waals surface area contributed by atoms with Gasteiger partial charge in [-0.15, -0.1) is 0 Å². The van der Waals surface area contributed by atoms with Crippen LogP contribution in [-0.4, -0.2) is 33.3 Å². The fourth-order valence-electron chi connectivity index (χ4n) is 1.56. The molecule has 0 aliphatic carbocycles. The molecule has 112 valence electrons. The van der Waals surface area contributed by atoms with Crippen LogP contribution in [0.5, 0.6) is 0 Å². The zero-order valence-electron chi connectivity index (χ0n) is 12.1. The van der Waals surface area contributed by atoms with Crippen LogP contribution in [0.4, 0.5) is 0 Å². The molecular weight excluding hydrogens is 288 g/mol. The molecule has 0 aromatic carbocycles. The van der Waals surface area contributed by atoms with Crippen LogP contribution in [0.2, 0.25) is 0 Å². The number of thioether (sulfide) groups is 1. The van der Waals surface area contributed by atoms with E-state index in [1.54, 1.807) is 6.20 Å². The van der Waals surface area contributed by atoms with Gasteiger partial charge in [-0.2, -0.15) is 4.98 Å². The lowest BCUT2D eigenvalue weighted by Gasteiger charge is -2.03. The van der Waals surface area contributed by atoms with Gasteiger partial charge in [0.1, 0.15) is 0 Å². The van der Waals surface area contributed by atoms with Crippen molar-refractivity contribution in [3.8, 4) is 11.5 Å². The standard InChI is InChI=1S/C14H18N4O2S/c1-3-7-15-12(19)9-21-13-6-5-10(8-16-13)14-17-11(4-2)18-20-14/h5-6,8H,3-4,7,9H2,1-2H3,(H,15,19). The number of aromatic nitrogens is 3. The van der Waals surface area contributed by atoms with Gasteiger partial charge in [0, 0.05) is 19.2 Å². The molecule has 2 aromatic heterocycles. The third-order valence-electron chi connectivity index (χ3n) is 2.69. The number of aryl methyl sites for hydroxylation is 1. The lowest BCUT2D eigenvalue weighted by Crippen LogP contribution is -2.25. The van der Waals surface area contributed by atoms with Crippen molar-refractivity contribution in [2.45, 2.75) is 31.7 Å². The average Bonchev–Trinajstić information content (AvgIpc) is 3.00. The first-order chi connectivity index (χ1) is 10.2. The second kappa shape index (κ2) is 7.78. The second-order valence-corrected chi connectivity index (χ2v) is 5.39. The van der Waals surface area contributed by atoms with Crippen LogP contribution < -0.4 is 5.32 Å². The molecule has 0 saturated heterocycles. The monoisotopic (exact) mass is 306 g/mol. The summed E-state index contributed by atoms with van der Waals surface area (Å²) in [5.74, 6) is 1.54. The molecule has 0 radical (unpaired) electrons. The number of pyridine rings is 1. The van der Waals surface area contributed by atoms with Crippen LogP contribution >= 0.6 is 11.8 Å². The van der Waals surface area contributed by atoms with Crippen LogP contribution in [0.1, 0.15) is 26.1 Å². The summed E-state index contributed by atoms with van der Waals surface area (Å²) >= 11 is 1.40. The smallest absolute Gasteiger partial charge is 0.259 e. The number of rotatable bonds is 7. The van der Waals surface area contributed by atoms with Crippen LogP contribution in [0.3, 0.4) is 0 Å². The summed E-state index contributed by atoms with van der Waals surface area (Å²) in [7, 11) is 0. The van der Waals surface area contributed by atoms with E-state index in [1.807, 2.05) is 26.0 Å². The summed E-state index contributed by atoms with van der Waals surface area (Å²) in [6, 6.07) is 3.72. The van der Waals surface area contributed by atoms with Crippen LogP contribution in [0.25, 0.3) is 11.5 Å². The van der Waals surface area contributed by atoms with E-state index in [-0.39, 0.29) is 5.91 Å². The summed E-state index contributed by atoms with van der Waals surface area (Å²) in [5, 5.41) is 7.47. The van der Waals surface area contributed by atoms with Crippen molar-refractivity contribution in [3.05, 3.63) is 24.2 Å². The fraction of sp³-hybridized carbons (Fsp3) is 0.429. The molecule has 0 atom stereocenters.